The van der Waals surface area contributed by atoms with Gasteiger partial charge in [-0.15, -0.1) is 0 Å². The van der Waals surface area contributed by atoms with Crippen LogP contribution < -0.4 is 5.32 Å². The molecule has 4 aromatic carbocycles. The molecule has 210 valence electrons. The summed E-state index contributed by atoms with van der Waals surface area (Å²) in [4.78, 5) is 10.3. The third kappa shape index (κ3) is 9.16. The van der Waals surface area contributed by atoms with Crippen LogP contribution >= 0.6 is 20.2 Å². The molecule has 0 saturated carbocycles. The number of halogens is 2. The first-order chi connectivity index (χ1) is 19.2. The van der Waals surface area contributed by atoms with Crippen LogP contribution in [0.5, 0.6) is 0 Å². The molecule has 0 amide bonds. The van der Waals surface area contributed by atoms with Crippen molar-refractivity contribution in [1.29, 1.82) is 0 Å². The molecule has 0 aliphatic rings. The first-order valence-corrected chi connectivity index (χ1v) is 16.2. The normalized spacial score (nSPS) is 11.8. The molecule has 40 heavy (non-hydrogen) atoms. The van der Waals surface area contributed by atoms with Crippen molar-refractivity contribution in [2.45, 2.75) is 41.5 Å². The van der Waals surface area contributed by atoms with Gasteiger partial charge in [-0.25, -0.2) is 0 Å². The van der Waals surface area contributed by atoms with Gasteiger partial charge in [0.05, 0.1) is 22.8 Å². The van der Waals surface area contributed by atoms with Gasteiger partial charge in [0, 0.05) is 13.1 Å². The molecule has 0 bridgehead atoms. The number of nitrogens with one attached hydrogen (secondary N) is 1. The van der Waals surface area contributed by atoms with E-state index in [4.69, 9.17) is 30.2 Å². The molecule has 0 aliphatic heterocycles. The number of benzene rings is 4. The van der Waals surface area contributed by atoms with E-state index in [1.165, 1.54) is 33.4 Å². The summed E-state index contributed by atoms with van der Waals surface area (Å²) in [6, 6.07) is 29.7. The third-order valence-electron chi connectivity index (χ3n) is 6.56. The standard InChI is InChI=1S/C34H37N3.2ClH.Fe/c1-23-17-25(3)33(26(4)18-23)36-31(29-13-9-7-10-14-29)21-35-22-32(30-15-11-8-12-16-30)37-34-27(5)19-24(2)20-28(34)6;;;/h7-20,35H,21-22H2,1-6H3;2*1H;/q;;;+2/p-2. The van der Waals surface area contributed by atoms with Crippen molar-refractivity contribution >= 4 is 43.0 Å². The van der Waals surface area contributed by atoms with Crippen LogP contribution in [0.3, 0.4) is 0 Å². The summed E-state index contributed by atoms with van der Waals surface area (Å²) < 4.78 is 0. The van der Waals surface area contributed by atoms with Crippen LogP contribution in [-0.4, -0.2) is 24.5 Å². The Balaban J connectivity index is 0.00000141. The molecular weight excluding hydrogens is 577 g/mol. The minimum atomic E-state index is 0.194. The van der Waals surface area contributed by atoms with Crippen molar-refractivity contribution in [1.82, 2.24) is 5.32 Å². The number of aliphatic imine (C=N–C) groups is 2. The SMILES string of the molecule is Cc1cc(C)c(N=C(CNCC(=Nc2c(C)cc(C)cc2C)c2ccccc2)c2ccccc2)c(C)c1.[Cl][Fe][Cl]. The van der Waals surface area contributed by atoms with E-state index < -0.39 is 0 Å². The molecule has 0 unspecified atom stereocenters. The first kappa shape index (κ1) is 31.8. The van der Waals surface area contributed by atoms with Gasteiger partial charge in [-0.1, -0.05) is 96.1 Å². The Morgan fingerprint density at radius 2 is 0.875 bits per heavy atom. The number of rotatable bonds is 8. The Morgan fingerprint density at radius 3 is 1.18 bits per heavy atom. The molecular formula is C34H37Cl2FeN3. The molecule has 6 heteroatoms. The van der Waals surface area contributed by atoms with E-state index in [1.807, 2.05) is 12.1 Å². The van der Waals surface area contributed by atoms with Crippen LogP contribution in [-0.2, 0) is 13.1 Å². The second-order valence-corrected chi connectivity index (χ2v) is 11.8. The van der Waals surface area contributed by atoms with E-state index in [1.54, 1.807) is 0 Å². The predicted molar refractivity (Wildman–Crippen MR) is 171 cm³/mol. The topological polar surface area (TPSA) is 36.8 Å². The van der Waals surface area contributed by atoms with Gasteiger partial charge < -0.3 is 5.32 Å². The molecule has 3 nitrogen and oxygen atoms in total. The molecule has 0 atom stereocenters. The zero-order valence-corrected chi connectivity index (χ0v) is 26.6. The molecule has 0 radical (unpaired) electrons. The van der Waals surface area contributed by atoms with Gasteiger partial charge in [0.1, 0.15) is 0 Å². The van der Waals surface area contributed by atoms with Gasteiger partial charge in [0.25, 0.3) is 0 Å². The molecule has 0 spiro atoms. The van der Waals surface area contributed by atoms with Crippen LogP contribution in [0.15, 0.2) is 94.9 Å². The summed E-state index contributed by atoms with van der Waals surface area (Å²) in [7, 11) is 9.53. The van der Waals surface area contributed by atoms with Gasteiger partial charge in [-0.2, -0.15) is 0 Å². The minimum absolute atomic E-state index is 0.194. The van der Waals surface area contributed by atoms with Crippen molar-refractivity contribution < 1.29 is 13.1 Å². The van der Waals surface area contributed by atoms with Crippen LogP contribution in [0.25, 0.3) is 0 Å². The fraction of sp³-hybridized carbons (Fsp3) is 0.235. The fourth-order valence-electron chi connectivity index (χ4n) is 4.94. The van der Waals surface area contributed by atoms with Crippen molar-refractivity contribution in [2.75, 3.05) is 13.1 Å². The predicted octanol–water partition coefficient (Wildman–Crippen LogP) is 9.45. The fourth-order valence-corrected chi connectivity index (χ4v) is 4.94. The van der Waals surface area contributed by atoms with Crippen molar-refractivity contribution in [3.8, 4) is 0 Å². The average Bonchev–Trinajstić information content (AvgIpc) is 2.92. The zero-order valence-electron chi connectivity index (χ0n) is 24.0. The maximum absolute atomic E-state index is 5.17. The summed E-state index contributed by atoms with van der Waals surface area (Å²) in [6.45, 7) is 14.1. The molecule has 0 heterocycles. The summed E-state index contributed by atoms with van der Waals surface area (Å²) in [5.74, 6) is 0. The maximum atomic E-state index is 5.17. The third-order valence-corrected chi connectivity index (χ3v) is 6.56. The van der Waals surface area contributed by atoms with E-state index in [2.05, 4.69) is 120 Å². The number of hydrogen-bond donors (Lipinski definition) is 1. The second-order valence-electron chi connectivity index (χ2n) is 10.00. The monoisotopic (exact) mass is 613 g/mol. The molecule has 0 fully saturated rings. The van der Waals surface area contributed by atoms with Crippen LogP contribution in [0, 0.1) is 41.5 Å². The van der Waals surface area contributed by atoms with Gasteiger partial charge in [0.2, 0.25) is 0 Å². The van der Waals surface area contributed by atoms with Gasteiger partial charge in [-0.3, -0.25) is 9.98 Å². The Hall–Kier alpha value is -2.72. The summed E-state index contributed by atoms with van der Waals surface area (Å²) in [5.41, 5.74) is 13.7. The van der Waals surface area contributed by atoms with Crippen LogP contribution in [0.2, 0.25) is 0 Å². The molecule has 4 rings (SSSR count). The Bertz CT molecular complexity index is 1310. The van der Waals surface area contributed by atoms with E-state index in [0.717, 1.165) is 33.9 Å². The summed E-state index contributed by atoms with van der Waals surface area (Å²) in [5, 5.41) is 3.66. The van der Waals surface area contributed by atoms with E-state index in [9.17, 15) is 0 Å². The molecule has 4 aromatic rings. The van der Waals surface area contributed by atoms with Gasteiger partial charge >= 0.3 is 33.3 Å². The van der Waals surface area contributed by atoms with Gasteiger partial charge in [0.15, 0.2) is 0 Å². The summed E-state index contributed by atoms with van der Waals surface area (Å²) >= 11 is 0.194. The van der Waals surface area contributed by atoms with Crippen molar-refractivity contribution in [2.24, 2.45) is 9.98 Å². The number of nitrogens with zero attached hydrogens (tertiary/aromatic N) is 2. The Labute approximate surface area is 254 Å². The van der Waals surface area contributed by atoms with Crippen molar-refractivity contribution in [3.05, 3.63) is 129 Å². The van der Waals surface area contributed by atoms with E-state index in [-0.39, 0.29) is 13.1 Å². The van der Waals surface area contributed by atoms with Gasteiger partial charge in [-0.05, 0) is 74.9 Å². The van der Waals surface area contributed by atoms with Crippen LogP contribution in [0.4, 0.5) is 11.4 Å². The number of aryl methyl sites for hydroxylation is 6. The Kier molecular flexibility index (Phi) is 12.6. The van der Waals surface area contributed by atoms with E-state index in [0.29, 0.717) is 13.1 Å². The molecule has 1 N–H and O–H groups in total. The molecule has 0 aromatic heterocycles. The second kappa shape index (κ2) is 15.9. The Morgan fingerprint density at radius 1 is 0.575 bits per heavy atom. The first-order valence-electron chi connectivity index (χ1n) is 13.2. The van der Waals surface area contributed by atoms with E-state index >= 15 is 0 Å². The zero-order chi connectivity index (χ0) is 29.1. The molecule has 0 aliphatic carbocycles. The average molecular weight is 614 g/mol. The van der Waals surface area contributed by atoms with Crippen LogP contribution in [0.1, 0.15) is 44.5 Å². The molecule has 0 saturated heterocycles. The van der Waals surface area contributed by atoms with Crippen molar-refractivity contribution in [3.63, 3.8) is 0 Å². The summed E-state index contributed by atoms with van der Waals surface area (Å²) in [6.07, 6.45) is 0. The quantitative estimate of drug-likeness (QED) is 0.156. The number of hydrogen-bond acceptors (Lipinski definition) is 3.